The number of rotatable bonds is 3. The number of pyridine rings is 1. The van der Waals surface area contributed by atoms with Gasteiger partial charge in [0.1, 0.15) is 12.1 Å². The van der Waals surface area contributed by atoms with Gasteiger partial charge in [0, 0.05) is 17.2 Å². The maximum Gasteiger partial charge on any atom is 0.416 e. The van der Waals surface area contributed by atoms with Gasteiger partial charge in [0.05, 0.1) is 11.3 Å². The first kappa shape index (κ1) is 28.1. The second-order valence-corrected chi connectivity index (χ2v) is 8.52. The third-order valence-corrected chi connectivity index (χ3v) is 5.57. The lowest BCUT2D eigenvalue weighted by atomic mass is 10.0. The molecule has 1 aliphatic carbocycles. The minimum atomic E-state index is -4.34. The van der Waals surface area contributed by atoms with Crippen LogP contribution in [0.25, 0.3) is 23.4 Å². The number of nitrogens with two attached hydrogens (primary N) is 1. The minimum absolute atomic E-state index is 0.341. The molecule has 3 nitrogen and oxygen atoms in total. The van der Waals surface area contributed by atoms with Crippen molar-refractivity contribution >= 4 is 24.3 Å². The maximum atomic E-state index is 12.7. The molecule has 0 aliphatic heterocycles. The third kappa shape index (κ3) is 8.59. The first-order valence-corrected chi connectivity index (χ1v) is 12.1. The summed E-state index contributed by atoms with van der Waals surface area (Å²) in [4.78, 5) is 14.4. The van der Waals surface area contributed by atoms with Gasteiger partial charge in [-0.25, -0.2) is 4.98 Å². The lowest BCUT2D eigenvalue weighted by Crippen LogP contribution is -2.28. The summed E-state index contributed by atoms with van der Waals surface area (Å²) in [6.07, 6.45) is 5.68. The number of anilines is 1. The van der Waals surface area contributed by atoms with E-state index in [1.54, 1.807) is 6.07 Å². The number of nitrogen functional groups attached to an aromatic ring is 1. The summed E-state index contributed by atoms with van der Waals surface area (Å²) in [7, 11) is 0. The number of hydrogen-bond donors (Lipinski definition) is 1. The summed E-state index contributed by atoms with van der Waals surface area (Å²) in [5, 5.41) is 1.80. The van der Waals surface area contributed by atoms with Crippen LogP contribution in [0.4, 0.5) is 19.0 Å². The van der Waals surface area contributed by atoms with Gasteiger partial charge < -0.3 is 10.5 Å². The summed E-state index contributed by atoms with van der Waals surface area (Å²) in [6.45, 7) is 2.03. The average molecular weight is 515 g/mol. The van der Waals surface area contributed by atoms with E-state index in [9.17, 15) is 18.0 Å². The molecule has 0 saturated heterocycles. The fourth-order valence-electron chi connectivity index (χ4n) is 3.63. The van der Waals surface area contributed by atoms with Crippen molar-refractivity contribution < 1.29 is 18.0 Å². The molecule has 2 N–H and O–H groups in total. The van der Waals surface area contributed by atoms with Crippen molar-refractivity contribution in [1.82, 2.24) is 4.98 Å². The first-order chi connectivity index (χ1) is 18.3. The van der Waals surface area contributed by atoms with Crippen molar-refractivity contribution in [2.75, 3.05) is 5.73 Å². The number of halogens is 3. The van der Waals surface area contributed by atoms with E-state index >= 15 is 0 Å². The van der Waals surface area contributed by atoms with Crippen molar-refractivity contribution in [3.63, 3.8) is 0 Å². The second kappa shape index (κ2) is 13.7. The lowest BCUT2D eigenvalue weighted by molar-refractivity contribution is -0.137. The van der Waals surface area contributed by atoms with E-state index < -0.39 is 11.7 Å². The molecule has 0 radical (unpaired) electrons. The third-order valence-electron chi connectivity index (χ3n) is 5.57. The van der Waals surface area contributed by atoms with Crippen LogP contribution >= 0.6 is 0 Å². The molecular formula is C32H29F3N2O. The Kier molecular flexibility index (Phi) is 10.2. The molecule has 194 valence electrons. The molecule has 3 aromatic carbocycles. The average Bonchev–Trinajstić information content (AvgIpc) is 3.16. The number of benzene rings is 3. The highest BCUT2D eigenvalue weighted by Gasteiger charge is 2.30. The highest BCUT2D eigenvalue weighted by molar-refractivity contribution is 5.65. The highest BCUT2D eigenvalue weighted by atomic mass is 19.4. The Balaban J connectivity index is 0.000000204. The van der Waals surface area contributed by atoms with E-state index in [4.69, 9.17) is 5.73 Å². The molecular weight excluding hydrogens is 485 g/mol. The van der Waals surface area contributed by atoms with E-state index in [0.29, 0.717) is 23.5 Å². The van der Waals surface area contributed by atoms with Gasteiger partial charge in [0.15, 0.2) is 0 Å². The van der Waals surface area contributed by atoms with Crippen molar-refractivity contribution in [2.45, 2.75) is 25.9 Å². The van der Waals surface area contributed by atoms with Crippen molar-refractivity contribution in [3.05, 3.63) is 130 Å². The van der Waals surface area contributed by atoms with E-state index in [1.165, 1.54) is 17.7 Å². The Labute approximate surface area is 220 Å². The molecule has 0 fully saturated rings. The van der Waals surface area contributed by atoms with Crippen LogP contribution in [-0.4, -0.2) is 11.3 Å². The van der Waals surface area contributed by atoms with Gasteiger partial charge in [-0.15, -0.1) is 0 Å². The SMILES string of the molecule is Cc1ccc(CC=O)cc1.Nc1cc2c(c(-c3ccc(C(F)(F)F)cc3)n1)=CCC=CC=2.c1ccccc1. The van der Waals surface area contributed by atoms with Crippen molar-refractivity contribution in [3.8, 4) is 11.3 Å². The van der Waals surface area contributed by atoms with Crippen molar-refractivity contribution in [1.29, 1.82) is 0 Å². The van der Waals surface area contributed by atoms with E-state index in [1.807, 2.05) is 91.9 Å². The number of nitrogens with zero attached hydrogens (tertiary/aromatic N) is 1. The fraction of sp³-hybridized carbons (Fsp3) is 0.125. The molecule has 6 heteroatoms. The van der Waals surface area contributed by atoms with Gasteiger partial charge in [-0.05, 0) is 42.3 Å². The van der Waals surface area contributed by atoms with Gasteiger partial charge in [-0.3, -0.25) is 0 Å². The molecule has 5 rings (SSSR count). The van der Waals surface area contributed by atoms with Crippen LogP contribution < -0.4 is 16.2 Å². The Hall–Kier alpha value is -4.45. The number of aldehydes is 1. The summed E-state index contributed by atoms with van der Waals surface area (Å²) in [5.41, 5.74) is 8.67. The summed E-state index contributed by atoms with van der Waals surface area (Å²) >= 11 is 0. The second-order valence-electron chi connectivity index (χ2n) is 8.52. The van der Waals surface area contributed by atoms with E-state index in [-0.39, 0.29) is 0 Å². The summed E-state index contributed by atoms with van der Waals surface area (Å²) < 4.78 is 38.0. The number of hydrogen-bond acceptors (Lipinski definition) is 3. The molecule has 0 bridgehead atoms. The van der Waals surface area contributed by atoms with Crippen LogP contribution in [0.3, 0.4) is 0 Å². The summed E-state index contributed by atoms with van der Waals surface area (Å²) in [6, 6.07) is 26.7. The predicted octanol–water partition coefficient (Wildman–Crippen LogP) is 6.29. The Morgan fingerprint density at radius 1 is 0.921 bits per heavy atom. The Bertz CT molecular complexity index is 1430. The Morgan fingerprint density at radius 3 is 2.08 bits per heavy atom. The van der Waals surface area contributed by atoms with Gasteiger partial charge in [-0.2, -0.15) is 13.2 Å². The number of carbonyl (C=O) groups excluding carboxylic acids is 1. The fourth-order valence-corrected chi connectivity index (χ4v) is 3.63. The molecule has 0 unspecified atom stereocenters. The molecule has 0 atom stereocenters. The highest BCUT2D eigenvalue weighted by Crippen LogP contribution is 2.30. The normalized spacial score (nSPS) is 11.7. The molecule has 38 heavy (non-hydrogen) atoms. The number of aryl methyl sites for hydroxylation is 1. The molecule has 1 aliphatic rings. The van der Waals surface area contributed by atoms with Crippen molar-refractivity contribution in [2.24, 2.45) is 0 Å². The van der Waals surface area contributed by atoms with Crippen LogP contribution in [0.15, 0.2) is 103 Å². The number of allylic oxidation sites excluding steroid dienone is 2. The smallest absolute Gasteiger partial charge is 0.384 e. The molecule has 1 heterocycles. The quantitative estimate of drug-likeness (QED) is 0.327. The lowest BCUT2D eigenvalue weighted by Gasteiger charge is -2.09. The molecule has 0 amide bonds. The maximum absolute atomic E-state index is 12.7. The largest absolute Gasteiger partial charge is 0.416 e. The molecule has 0 saturated carbocycles. The van der Waals surface area contributed by atoms with Gasteiger partial charge in [0.2, 0.25) is 0 Å². The minimum Gasteiger partial charge on any atom is -0.384 e. The zero-order chi connectivity index (χ0) is 27.4. The zero-order valence-corrected chi connectivity index (χ0v) is 21.0. The van der Waals surface area contributed by atoms with Gasteiger partial charge >= 0.3 is 6.18 Å². The predicted molar refractivity (Wildman–Crippen MR) is 148 cm³/mol. The van der Waals surface area contributed by atoms with Gasteiger partial charge in [0.25, 0.3) is 0 Å². The first-order valence-electron chi connectivity index (χ1n) is 12.1. The standard InChI is InChI=1S/C17H13F3N2.C9H10O.C6H6/c18-17(19,20)13-8-6-11(7-9-13)16-14-5-3-1-2-4-12(14)10-15(21)22-16;1-8-2-4-9(5-3-8)6-7-10;1-2-4-6-5-3-1/h1-2,4-10H,3,21H2;2-5,7H,6H2,1H3;1-6H. The number of carbonyl (C=O) groups is 1. The van der Waals surface area contributed by atoms with E-state index in [0.717, 1.165) is 40.8 Å². The van der Waals surface area contributed by atoms with Crippen LogP contribution in [0.5, 0.6) is 0 Å². The zero-order valence-electron chi connectivity index (χ0n) is 21.0. The van der Waals surface area contributed by atoms with Crippen LogP contribution in [0, 0.1) is 6.92 Å². The van der Waals surface area contributed by atoms with E-state index in [2.05, 4.69) is 4.98 Å². The van der Waals surface area contributed by atoms with Gasteiger partial charge in [-0.1, -0.05) is 103 Å². The Morgan fingerprint density at radius 2 is 1.53 bits per heavy atom. The monoisotopic (exact) mass is 514 g/mol. The summed E-state index contributed by atoms with van der Waals surface area (Å²) in [5.74, 6) is 0.341. The van der Waals surface area contributed by atoms with Crippen LogP contribution in [-0.2, 0) is 17.4 Å². The van der Waals surface area contributed by atoms with Crippen LogP contribution in [0.1, 0.15) is 23.1 Å². The number of aromatic nitrogens is 1. The van der Waals surface area contributed by atoms with Crippen LogP contribution in [0.2, 0.25) is 0 Å². The number of fused-ring (bicyclic) bond motifs is 1. The molecule has 0 spiro atoms. The number of alkyl halides is 3. The molecule has 4 aromatic rings. The topological polar surface area (TPSA) is 56.0 Å². The molecule has 1 aromatic heterocycles.